The Bertz CT molecular complexity index is 731. The van der Waals surface area contributed by atoms with Crippen LogP contribution in [0, 0.1) is 0 Å². The molecule has 0 atom stereocenters. The average molecular weight is 274 g/mol. The van der Waals surface area contributed by atoms with Gasteiger partial charge >= 0.3 is 0 Å². The molecule has 0 saturated carbocycles. The Morgan fingerprint density at radius 2 is 1.53 bits per heavy atom. The van der Waals surface area contributed by atoms with Crippen molar-refractivity contribution < 1.29 is 13.2 Å². The normalized spacial score (nSPS) is 11.3. The Morgan fingerprint density at radius 3 is 2.11 bits per heavy atom. The predicted octanol–water partition coefficient (Wildman–Crippen LogP) is 2.96. The summed E-state index contributed by atoms with van der Waals surface area (Å²) in [5.74, 6) is -0.0129. The maximum Gasteiger partial charge on any atom is 0.175 e. The largest absolute Gasteiger partial charge is 0.295 e. The molecule has 2 aromatic rings. The number of Topliss-reactive ketones (excluding diaryl/α,β-unsaturated/α-hetero) is 1. The van der Waals surface area contributed by atoms with E-state index in [-0.39, 0.29) is 10.7 Å². The zero-order valence-electron chi connectivity index (χ0n) is 10.8. The summed E-state index contributed by atoms with van der Waals surface area (Å²) in [5.41, 5.74) is 2.23. The number of hydrogen-bond acceptors (Lipinski definition) is 3. The Balaban J connectivity index is 2.54. The molecule has 2 aromatic carbocycles. The zero-order chi connectivity index (χ0) is 14.0. The van der Waals surface area contributed by atoms with Gasteiger partial charge in [0.05, 0.1) is 4.90 Å². The lowest BCUT2D eigenvalue weighted by Crippen LogP contribution is -1.97. The van der Waals surface area contributed by atoms with Gasteiger partial charge in [-0.15, -0.1) is 0 Å². The van der Waals surface area contributed by atoms with Gasteiger partial charge in [0, 0.05) is 11.8 Å². The van der Waals surface area contributed by atoms with Gasteiger partial charge in [0.2, 0.25) is 0 Å². The van der Waals surface area contributed by atoms with Crippen LogP contribution in [0.25, 0.3) is 11.1 Å². The summed E-state index contributed by atoms with van der Waals surface area (Å²) in [6.07, 6.45) is 1.18. The molecule has 0 amide bonds. The molecule has 4 heteroatoms. The van der Waals surface area contributed by atoms with Crippen LogP contribution >= 0.6 is 0 Å². The molecule has 0 saturated heterocycles. The maximum absolute atomic E-state index is 11.5. The van der Waals surface area contributed by atoms with Crippen LogP contribution in [0.2, 0.25) is 0 Å². The minimum absolute atomic E-state index is 0.0129. The fourth-order valence-corrected chi connectivity index (χ4v) is 2.49. The number of hydrogen-bond donors (Lipinski definition) is 0. The summed E-state index contributed by atoms with van der Waals surface area (Å²) in [7, 11) is -3.23. The number of rotatable bonds is 3. The lowest BCUT2D eigenvalue weighted by atomic mass is 10.0. The van der Waals surface area contributed by atoms with Crippen molar-refractivity contribution in [3.63, 3.8) is 0 Å². The van der Waals surface area contributed by atoms with Crippen molar-refractivity contribution in [3.05, 3.63) is 54.1 Å². The molecular formula is C15H14O3S. The van der Waals surface area contributed by atoms with Crippen LogP contribution in [-0.4, -0.2) is 20.5 Å². The quantitative estimate of drug-likeness (QED) is 0.808. The Labute approximate surface area is 112 Å². The smallest absolute Gasteiger partial charge is 0.175 e. The summed E-state index contributed by atoms with van der Waals surface area (Å²) in [6, 6.07) is 13.9. The molecule has 19 heavy (non-hydrogen) atoms. The van der Waals surface area contributed by atoms with Crippen LogP contribution in [0.15, 0.2) is 53.4 Å². The van der Waals surface area contributed by atoms with E-state index in [1.807, 2.05) is 12.1 Å². The summed E-state index contributed by atoms with van der Waals surface area (Å²) in [4.78, 5) is 11.6. The first-order valence-corrected chi connectivity index (χ1v) is 7.68. The van der Waals surface area contributed by atoms with E-state index in [9.17, 15) is 13.2 Å². The molecule has 0 fully saturated rings. The first-order chi connectivity index (χ1) is 8.88. The molecule has 0 aromatic heterocycles. The molecule has 0 aliphatic heterocycles. The highest BCUT2D eigenvalue weighted by molar-refractivity contribution is 7.90. The van der Waals surface area contributed by atoms with E-state index in [1.54, 1.807) is 36.4 Å². The lowest BCUT2D eigenvalue weighted by Gasteiger charge is -2.05. The fraction of sp³-hybridized carbons (Fsp3) is 0.133. The second-order valence-electron chi connectivity index (χ2n) is 4.44. The van der Waals surface area contributed by atoms with Crippen molar-refractivity contribution in [3.8, 4) is 11.1 Å². The Hall–Kier alpha value is -1.94. The van der Waals surface area contributed by atoms with Crippen molar-refractivity contribution >= 4 is 15.6 Å². The highest BCUT2D eigenvalue weighted by atomic mass is 32.2. The standard InChI is InChI=1S/C15H14O3S/c1-11(16)12-5-3-6-13(9-12)14-7-4-8-15(10-14)19(2,17)18/h3-10H,1-2H3. The van der Waals surface area contributed by atoms with Crippen molar-refractivity contribution in [2.75, 3.05) is 6.26 Å². The highest BCUT2D eigenvalue weighted by Gasteiger charge is 2.09. The first-order valence-electron chi connectivity index (χ1n) is 5.79. The molecule has 0 unspecified atom stereocenters. The number of carbonyl (C=O) groups excluding carboxylic acids is 1. The third kappa shape index (κ3) is 3.09. The van der Waals surface area contributed by atoms with Gasteiger partial charge in [-0.25, -0.2) is 8.42 Å². The van der Waals surface area contributed by atoms with Gasteiger partial charge in [-0.1, -0.05) is 30.3 Å². The van der Waals surface area contributed by atoms with Crippen LogP contribution in [0.1, 0.15) is 17.3 Å². The van der Waals surface area contributed by atoms with Crippen molar-refractivity contribution in [1.29, 1.82) is 0 Å². The minimum Gasteiger partial charge on any atom is -0.295 e. The molecular weight excluding hydrogens is 260 g/mol. The lowest BCUT2D eigenvalue weighted by molar-refractivity contribution is 0.101. The first kappa shape index (κ1) is 13.5. The van der Waals surface area contributed by atoms with E-state index < -0.39 is 9.84 Å². The minimum atomic E-state index is -3.23. The molecule has 0 aliphatic rings. The molecule has 0 radical (unpaired) electrons. The van der Waals surface area contributed by atoms with Gasteiger partial charge in [0.25, 0.3) is 0 Å². The third-order valence-electron chi connectivity index (χ3n) is 2.86. The van der Waals surface area contributed by atoms with Gasteiger partial charge in [0.1, 0.15) is 0 Å². The van der Waals surface area contributed by atoms with Crippen LogP contribution in [0.3, 0.4) is 0 Å². The second-order valence-corrected chi connectivity index (χ2v) is 6.45. The van der Waals surface area contributed by atoms with Gasteiger partial charge in [0.15, 0.2) is 15.6 Å². The molecule has 0 spiro atoms. The Morgan fingerprint density at radius 1 is 0.947 bits per heavy atom. The predicted molar refractivity (Wildman–Crippen MR) is 75.0 cm³/mol. The summed E-state index contributed by atoms with van der Waals surface area (Å²) < 4.78 is 23.1. The van der Waals surface area contributed by atoms with Gasteiger partial charge in [-0.05, 0) is 36.2 Å². The summed E-state index contributed by atoms with van der Waals surface area (Å²) >= 11 is 0. The number of ketones is 1. The molecule has 98 valence electrons. The number of benzene rings is 2. The molecule has 0 aliphatic carbocycles. The molecule has 3 nitrogen and oxygen atoms in total. The van der Waals surface area contributed by atoms with E-state index in [1.165, 1.54) is 13.2 Å². The van der Waals surface area contributed by atoms with E-state index in [2.05, 4.69) is 0 Å². The molecule has 0 bridgehead atoms. The van der Waals surface area contributed by atoms with Crippen LogP contribution in [-0.2, 0) is 9.84 Å². The van der Waals surface area contributed by atoms with E-state index >= 15 is 0 Å². The monoisotopic (exact) mass is 274 g/mol. The van der Waals surface area contributed by atoms with E-state index in [4.69, 9.17) is 0 Å². The van der Waals surface area contributed by atoms with Crippen LogP contribution in [0.4, 0.5) is 0 Å². The van der Waals surface area contributed by atoms with E-state index in [0.29, 0.717) is 5.56 Å². The topological polar surface area (TPSA) is 51.2 Å². The highest BCUT2D eigenvalue weighted by Crippen LogP contribution is 2.23. The van der Waals surface area contributed by atoms with Crippen LogP contribution < -0.4 is 0 Å². The summed E-state index contributed by atoms with van der Waals surface area (Å²) in [6.45, 7) is 1.51. The van der Waals surface area contributed by atoms with Gasteiger partial charge in [-0.2, -0.15) is 0 Å². The van der Waals surface area contributed by atoms with Crippen molar-refractivity contribution in [1.82, 2.24) is 0 Å². The summed E-state index contributed by atoms with van der Waals surface area (Å²) in [5, 5.41) is 0. The average Bonchev–Trinajstić information content (AvgIpc) is 2.38. The van der Waals surface area contributed by atoms with Crippen LogP contribution in [0.5, 0.6) is 0 Å². The SMILES string of the molecule is CC(=O)c1cccc(-c2cccc(S(C)(=O)=O)c2)c1. The maximum atomic E-state index is 11.5. The van der Waals surface area contributed by atoms with Gasteiger partial charge < -0.3 is 0 Å². The number of carbonyl (C=O) groups is 1. The number of sulfone groups is 1. The molecule has 0 N–H and O–H groups in total. The van der Waals surface area contributed by atoms with Gasteiger partial charge in [-0.3, -0.25) is 4.79 Å². The second kappa shape index (κ2) is 4.97. The molecule has 0 heterocycles. The molecule has 2 rings (SSSR count). The van der Waals surface area contributed by atoms with E-state index in [0.717, 1.165) is 11.1 Å². The van der Waals surface area contributed by atoms with Crippen molar-refractivity contribution in [2.45, 2.75) is 11.8 Å². The van der Waals surface area contributed by atoms with Crippen molar-refractivity contribution in [2.24, 2.45) is 0 Å². The zero-order valence-corrected chi connectivity index (χ0v) is 11.6. The third-order valence-corrected chi connectivity index (χ3v) is 3.97. The fourth-order valence-electron chi connectivity index (χ4n) is 1.82. The Kier molecular flexibility index (Phi) is 3.53.